The van der Waals surface area contributed by atoms with Crippen molar-refractivity contribution in [2.24, 2.45) is 0 Å². The molecule has 0 saturated carbocycles. The van der Waals surface area contributed by atoms with E-state index in [9.17, 15) is 18.0 Å². The molecule has 1 unspecified atom stereocenters. The molecular formula is C7H9F3O2. The van der Waals surface area contributed by atoms with E-state index in [0.717, 1.165) is 0 Å². The second-order valence-corrected chi connectivity index (χ2v) is 2.80. The normalized spacial score (nSPS) is 25.9. The Morgan fingerprint density at radius 1 is 1.50 bits per heavy atom. The molecule has 0 spiro atoms. The standard InChI is InChI=1S/C7H9F3O2/c8-7(9,10)4-6-3-5(11)1-2-12-6/h6H,1-4H2. The first-order valence-corrected chi connectivity index (χ1v) is 3.67. The minimum absolute atomic E-state index is 0.0977. The molecule has 5 heteroatoms. The molecule has 0 amide bonds. The molecule has 70 valence electrons. The van der Waals surface area contributed by atoms with Gasteiger partial charge in [-0.3, -0.25) is 4.79 Å². The van der Waals surface area contributed by atoms with Gasteiger partial charge in [-0.05, 0) is 0 Å². The minimum Gasteiger partial charge on any atom is -0.377 e. The van der Waals surface area contributed by atoms with Gasteiger partial charge in [0.1, 0.15) is 5.78 Å². The number of halogens is 3. The summed E-state index contributed by atoms with van der Waals surface area (Å²) < 4.78 is 40.1. The highest BCUT2D eigenvalue weighted by Crippen LogP contribution is 2.26. The van der Waals surface area contributed by atoms with Crippen molar-refractivity contribution in [3.63, 3.8) is 0 Å². The first-order chi connectivity index (χ1) is 5.47. The van der Waals surface area contributed by atoms with E-state index in [4.69, 9.17) is 4.74 Å². The number of Topliss-reactive ketones (excluding diaryl/α,β-unsaturated/α-hetero) is 1. The average Bonchev–Trinajstić information content (AvgIpc) is 1.82. The smallest absolute Gasteiger partial charge is 0.377 e. The van der Waals surface area contributed by atoms with Crippen LogP contribution >= 0.6 is 0 Å². The quantitative estimate of drug-likeness (QED) is 0.616. The molecule has 2 nitrogen and oxygen atoms in total. The molecule has 0 N–H and O–H groups in total. The Hall–Kier alpha value is -0.580. The number of hydrogen-bond acceptors (Lipinski definition) is 2. The van der Waals surface area contributed by atoms with Crippen LogP contribution in [-0.2, 0) is 9.53 Å². The summed E-state index contributed by atoms with van der Waals surface area (Å²) in [5.74, 6) is -0.143. The summed E-state index contributed by atoms with van der Waals surface area (Å²) in [4.78, 5) is 10.7. The first-order valence-electron chi connectivity index (χ1n) is 3.67. The highest BCUT2D eigenvalue weighted by molar-refractivity contribution is 5.79. The van der Waals surface area contributed by atoms with Gasteiger partial charge in [0.15, 0.2) is 0 Å². The molecule has 1 rings (SSSR count). The Labute approximate surface area is 67.7 Å². The number of carbonyl (C=O) groups is 1. The number of carbonyl (C=O) groups excluding carboxylic acids is 1. The van der Waals surface area contributed by atoms with Crippen LogP contribution in [0.25, 0.3) is 0 Å². The van der Waals surface area contributed by atoms with E-state index in [1.165, 1.54) is 0 Å². The van der Waals surface area contributed by atoms with Crippen LogP contribution in [0, 0.1) is 0 Å². The number of hydrogen-bond donors (Lipinski definition) is 0. The summed E-state index contributed by atoms with van der Waals surface area (Å²) in [6.45, 7) is 0.125. The molecule has 1 saturated heterocycles. The first kappa shape index (κ1) is 9.51. The van der Waals surface area contributed by atoms with Crippen molar-refractivity contribution >= 4 is 5.78 Å². The zero-order chi connectivity index (χ0) is 9.19. The highest BCUT2D eigenvalue weighted by atomic mass is 19.4. The second kappa shape index (κ2) is 3.43. The molecule has 0 bridgehead atoms. The van der Waals surface area contributed by atoms with Crippen LogP contribution in [0.2, 0.25) is 0 Å². The number of ketones is 1. The summed E-state index contributed by atoms with van der Waals surface area (Å²) in [7, 11) is 0. The zero-order valence-electron chi connectivity index (χ0n) is 6.36. The highest BCUT2D eigenvalue weighted by Gasteiger charge is 2.34. The maximum absolute atomic E-state index is 11.8. The second-order valence-electron chi connectivity index (χ2n) is 2.80. The summed E-state index contributed by atoms with van der Waals surface area (Å²) in [5.41, 5.74) is 0. The monoisotopic (exact) mass is 182 g/mol. The van der Waals surface area contributed by atoms with Crippen molar-refractivity contribution in [2.45, 2.75) is 31.5 Å². The fourth-order valence-electron chi connectivity index (χ4n) is 1.14. The van der Waals surface area contributed by atoms with E-state index in [1.54, 1.807) is 0 Å². The van der Waals surface area contributed by atoms with Crippen molar-refractivity contribution in [1.82, 2.24) is 0 Å². The Morgan fingerprint density at radius 3 is 2.67 bits per heavy atom. The Bertz CT molecular complexity index is 176. The fourth-order valence-corrected chi connectivity index (χ4v) is 1.14. The Kier molecular flexibility index (Phi) is 2.72. The maximum atomic E-state index is 11.8. The van der Waals surface area contributed by atoms with Crippen molar-refractivity contribution in [2.75, 3.05) is 6.61 Å². The zero-order valence-corrected chi connectivity index (χ0v) is 6.36. The van der Waals surface area contributed by atoms with Crippen LogP contribution in [0.3, 0.4) is 0 Å². The van der Waals surface area contributed by atoms with Gasteiger partial charge in [0.25, 0.3) is 0 Å². The van der Waals surface area contributed by atoms with Crippen LogP contribution in [0.5, 0.6) is 0 Å². The van der Waals surface area contributed by atoms with Crippen LogP contribution in [0.1, 0.15) is 19.3 Å². The molecule has 0 aromatic rings. The van der Waals surface area contributed by atoms with Crippen molar-refractivity contribution < 1.29 is 22.7 Å². The molecule has 0 aromatic carbocycles. The molecule has 1 aliphatic rings. The van der Waals surface area contributed by atoms with Gasteiger partial charge in [-0.15, -0.1) is 0 Å². The molecule has 0 aliphatic carbocycles. The predicted octanol–water partition coefficient (Wildman–Crippen LogP) is 1.69. The molecule has 1 fully saturated rings. The molecule has 0 radical (unpaired) electrons. The lowest BCUT2D eigenvalue weighted by atomic mass is 10.1. The predicted molar refractivity (Wildman–Crippen MR) is 34.7 cm³/mol. The fraction of sp³-hybridized carbons (Fsp3) is 0.857. The van der Waals surface area contributed by atoms with Crippen LogP contribution < -0.4 is 0 Å². The van der Waals surface area contributed by atoms with Crippen LogP contribution in [-0.4, -0.2) is 24.7 Å². The number of alkyl halides is 3. The Morgan fingerprint density at radius 2 is 2.17 bits per heavy atom. The van der Waals surface area contributed by atoms with Gasteiger partial charge in [0, 0.05) is 12.8 Å². The van der Waals surface area contributed by atoms with Gasteiger partial charge in [-0.2, -0.15) is 13.2 Å². The lowest BCUT2D eigenvalue weighted by molar-refractivity contribution is -0.167. The summed E-state index contributed by atoms with van der Waals surface area (Å²) >= 11 is 0. The largest absolute Gasteiger partial charge is 0.391 e. The Balaban J connectivity index is 2.37. The van der Waals surface area contributed by atoms with E-state index < -0.39 is 18.7 Å². The third-order valence-corrected chi connectivity index (χ3v) is 1.65. The van der Waals surface area contributed by atoms with Crippen molar-refractivity contribution in [3.8, 4) is 0 Å². The molecule has 1 heterocycles. The molecular weight excluding hydrogens is 173 g/mol. The van der Waals surface area contributed by atoms with Crippen LogP contribution in [0.15, 0.2) is 0 Å². The lowest BCUT2D eigenvalue weighted by Gasteiger charge is -2.22. The van der Waals surface area contributed by atoms with Gasteiger partial charge in [0.05, 0.1) is 19.1 Å². The van der Waals surface area contributed by atoms with E-state index in [0.29, 0.717) is 0 Å². The van der Waals surface area contributed by atoms with E-state index in [-0.39, 0.29) is 25.2 Å². The van der Waals surface area contributed by atoms with Crippen molar-refractivity contribution in [3.05, 3.63) is 0 Å². The third kappa shape index (κ3) is 3.21. The topological polar surface area (TPSA) is 26.3 Å². The average molecular weight is 182 g/mol. The molecule has 1 aliphatic heterocycles. The van der Waals surface area contributed by atoms with Gasteiger partial charge < -0.3 is 4.74 Å². The summed E-state index contributed by atoms with van der Waals surface area (Å²) in [6.07, 6.45) is -6.05. The number of rotatable bonds is 1. The van der Waals surface area contributed by atoms with E-state index in [1.807, 2.05) is 0 Å². The summed E-state index contributed by atoms with van der Waals surface area (Å²) in [6, 6.07) is 0. The number of ether oxygens (including phenoxy) is 1. The van der Waals surface area contributed by atoms with Gasteiger partial charge in [0.2, 0.25) is 0 Å². The summed E-state index contributed by atoms with van der Waals surface area (Å²) in [5, 5.41) is 0. The van der Waals surface area contributed by atoms with Gasteiger partial charge >= 0.3 is 6.18 Å². The van der Waals surface area contributed by atoms with E-state index >= 15 is 0 Å². The third-order valence-electron chi connectivity index (χ3n) is 1.65. The van der Waals surface area contributed by atoms with E-state index in [2.05, 4.69) is 0 Å². The maximum Gasteiger partial charge on any atom is 0.391 e. The van der Waals surface area contributed by atoms with Gasteiger partial charge in [-0.1, -0.05) is 0 Å². The van der Waals surface area contributed by atoms with Crippen LogP contribution in [0.4, 0.5) is 13.2 Å². The van der Waals surface area contributed by atoms with Crippen molar-refractivity contribution in [1.29, 1.82) is 0 Å². The SMILES string of the molecule is O=C1CCOC(CC(F)(F)F)C1. The lowest BCUT2D eigenvalue weighted by Crippen LogP contribution is -2.30. The molecule has 12 heavy (non-hydrogen) atoms. The molecule has 1 atom stereocenters. The molecule has 0 aromatic heterocycles. The minimum atomic E-state index is -4.23. The van der Waals surface area contributed by atoms with Gasteiger partial charge in [-0.25, -0.2) is 0 Å².